The molecule has 1 aromatic rings. The average molecular weight is 367 g/mol. The molecule has 138 valence electrons. The highest BCUT2D eigenvalue weighted by atomic mass is 35.5. The number of hydrazine groups is 2. The smallest absolute Gasteiger partial charge is 0.244 e. The van der Waals surface area contributed by atoms with Crippen molar-refractivity contribution in [1.29, 1.82) is 0 Å². The van der Waals surface area contributed by atoms with Crippen LogP contribution in [0, 0.1) is 5.92 Å². The molecule has 2 unspecified atom stereocenters. The van der Waals surface area contributed by atoms with E-state index in [0.717, 1.165) is 38.4 Å². The molecule has 0 bridgehead atoms. The van der Waals surface area contributed by atoms with Gasteiger partial charge in [-0.15, -0.1) is 0 Å². The first-order valence-electron chi connectivity index (χ1n) is 8.82. The molecular weight excluding hydrogens is 340 g/mol. The number of benzene rings is 1. The number of hydrogen-bond acceptors (Lipinski definition) is 6. The highest BCUT2D eigenvalue weighted by Gasteiger charge is 2.36. The fraction of sp³-hybridized carbons (Fsp3) is 0.588. The molecule has 2 aliphatic rings. The number of rotatable bonds is 5. The number of carbonyl (C=O) groups excluding carboxylic acids is 1. The van der Waals surface area contributed by atoms with E-state index >= 15 is 0 Å². The van der Waals surface area contributed by atoms with E-state index in [2.05, 4.69) is 40.5 Å². The molecule has 25 heavy (non-hydrogen) atoms. The highest BCUT2D eigenvalue weighted by molar-refractivity contribution is 6.30. The fourth-order valence-electron chi connectivity index (χ4n) is 3.28. The number of nitrogens with one attached hydrogen (secondary N) is 4. The summed E-state index contributed by atoms with van der Waals surface area (Å²) in [5.74, 6) is 0.758. The molecule has 0 aliphatic carbocycles. The predicted molar refractivity (Wildman–Crippen MR) is 99.9 cm³/mol. The Morgan fingerprint density at radius 2 is 1.88 bits per heavy atom. The first kappa shape index (κ1) is 18.4. The lowest BCUT2D eigenvalue weighted by Gasteiger charge is -2.37. The summed E-state index contributed by atoms with van der Waals surface area (Å²) in [6.45, 7) is 8.97. The van der Waals surface area contributed by atoms with Crippen LogP contribution in [-0.2, 0) is 4.79 Å². The summed E-state index contributed by atoms with van der Waals surface area (Å²) in [4.78, 5) is 17.3. The van der Waals surface area contributed by atoms with Crippen LogP contribution in [0.15, 0.2) is 24.3 Å². The Morgan fingerprint density at radius 1 is 1.20 bits per heavy atom. The van der Waals surface area contributed by atoms with E-state index in [1.165, 1.54) is 0 Å². The van der Waals surface area contributed by atoms with E-state index in [-0.39, 0.29) is 18.1 Å². The van der Waals surface area contributed by atoms with Crippen LogP contribution in [0.2, 0.25) is 5.02 Å². The second-order valence-electron chi connectivity index (χ2n) is 7.04. The van der Waals surface area contributed by atoms with Crippen LogP contribution >= 0.6 is 11.6 Å². The first-order chi connectivity index (χ1) is 12.0. The zero-order chi connectivity index (χ0) is 17.8. The lowest BCUT2D eigenvalue weighted by molar-refractivity contribution is -0.135. The number of halogens is 1. The third-order valence-corrected chi connectivity index (χ3v) is 4.78. The lowest BCUT2D eigenvalue weighted by Crippen LogP contribution is -2.57. The van der Waals surface area contributed by atoms with Crippen molar-refractivity contribution in [3.8, 4) is 0 Å². The third-order valence-electron chi connectivity index (χ3n) is 4.53. The maximum Gasteiger partial charge on any atom is 0.244 e. The topological polar surface area (TPSA) is 71.7 Å². The molecule has 2 aliphatic heterocycles. The Balaban J connectivity index is 1.55. The minimum atomic E-state index is -0.368. The van der Waals surface area contributed by atoms with E-state index in [0.29, 0.717) is 10.9 Å². The summed E-state index contributed by atoms with van der Waals surface area (Å²) in [7, 11) is 0. The van der Waals surface area contributed by atoms with Gasteiger partial charge in [-0.1, -0.05) is 25.4 Å². The molecule has 7 nitrogen and oxygen atoms in total. The monoisotopic (exact) mass is 366 g/mol. The number of amides is 1. The van der Waals surface area contributed by atoms with Gasteiger partial charge in [-0.3, -0.25) is 9.69 Å². The molecule has 0 saturated carbocycles. The van der Waals surface area contributed by atoms with Crippen LogP contribution in [0.5, 0.6) is 0 Å². The van der Waals surface area contributed by atoms with Gasteiger partial charge >= 0.3 is 0 Å². The largest absolute Gasteiger partial charge is 0.367 e. The van der Waals surface area contributed by atoms with Crippen molar-refractivity contribution >= 4 is 23.2 Å². The molecule has 3 rings (SSSR count). The van der Waals surface area contributed by atoms with Gasteiger partial charge in [0.05, 0.1) is 0 Å². The molecule has 2 atom stereocenters. The molecular formula is C17H27ClN6O. The summed E-state index contributed by atoms with van der Waals surface area (Å²) in [5, 5.41) is 4.01. The van der Waals surface area contributed by atoms with Crippen LogP contribution in [0.25, 0.3) is 0 Å². The number of nitrogens with zero attached hydrogens (tertiary/aromatic N) is 2. The molecule has 8 heteroatoms. The third kappa shape index (κ3) is 4.83. The second kappa shape index (κ2) is 8.33. The Bertz CT molecular complexity index is 573. The van der Waals surface area contributed by atoms with E-state index < -0.39 is 0 Å². The van der Waals surface area contributed by atoms with Crippen LogP contribution < -0.4 is 21.7 Å². The Hall–Kier alpha value is -1.38. The Labute approximate surface area is 154 Å². The standard InChI is InChI=1S/C17H27ClN6O/c1-12(2)11-23-7-9-24(10-8-23)17(25)15-16(21-22-20-15)19-14-5-3-13(18)4-6-14/h3-6,12,15-16,19-22H,7-11H2,1-2H3. The molecule has 4 N–H and O–H groups in total. The number of anilines is 1. The van der Waals surface area contributed by atoms with Crippen molar-refractivity contribution in [3.63, 3.8) is 0 Å². The molecule has 1 aromatic carbocycles. The van der Waals surface area contributed by atoms with Gasteiger partial charge in [0.25, 0.3) is 0 Å². The van der Waals surface area contributed by atoms with Crippen LogP contribution in [0.3, 0.4) is 0 Å². The van der Waals surface area contributed by atoms with E-state index in [1.807, 2.05) is 29.2 Å². The van der Waals surface area contributed by atoms with Crippen LogP contribution in [0.1, 0.15) is 13.8 Å². The quantitative estimate of drug-likeness (QED) is 0.619. The lowest BCUT2D eigenvalue weighted by atomic mass is 10.1. The van der Waals surface area contributed by atoms with Gasteiger partial charge in [0.15, 0.2) is 0 Å². The van der Waals surface area contributed by atoms with Crippen molar-refractivity contribution in [1.82, 2.24) is 26.2 Å². The van der Waals surface area contributed by atoms with Gasteiger partial charge in [0.2, 0.25) is 5.91 Å². The summed E-state index contributed by atoms with van der Waals surface area (Å²) >= 11 is 5.92. The molecule has 2 fully saturated rings. The van der Waals surface area contributed by atoms with E-state index in [1.54, 1.807) is 0 Å². The summed E-state index contributed by atoms with van der Waals surface area (Å²) < 4.78 is 0. The molecule has 2 saturated heterocycles. The van der Waals surface area contributed by atoms with Gasteiger partial charge in [-0.25, -0.2) is 10.9 Å². The summed E-state index contributed by atoms with van der Waals surface area (Å²) in [5.41, 5.74) is 9.86. The highest BCUT2D eigenvalue weighted by Crippen LogP contribution is 2.16. The van der Waals surface area contributed by atoms with Gasteiger partial charge in [0.1, 0.15) is 12.2 Å². The molecule has 0 spiro atoms. The number of carbonyl (C=O) groups is 1. The average Bonchev–Trinajstić information content (AvgIpc) is 3.04. The first-order valence-corrected chi connectivity index (χ1v) is 9.20. The number of hydrogen-bond donors (Lipinski definition) is 4. The van der Waals surface area contributed by atoms with Gasteiger partial charge in [0, 0.05) is 43.4 Å². The Kier molecular flexibility index (Phi) is 6.14. The molecule has 0 radical (unpaired) electrons. The summed E-state index contributed by atoms with van der Waals surface area (Å²) in [6.07, 6.45) is -0.234. The normalized spacial score (nSPS) is 24.7. The van der Waals surface area contributed by atoms with Crippen molar-refractivity contribution in [2.24, 2.45) is 5.92 Å². The maximum atomic E-state index is 12.9. The second-order valence-corrected chi connectivity index (χ2v) is 7.48. The van der Waals surface area contributed by atoms with Crippen molar-refractivity contribution in [2.45, 2.75) is 26.1 Å². The fourth-order valence-corrected chi connectivity index (χ4v) is 3.40. The van der Waals surface area contributed by atoms with Gasteiger partial charge < -0.3 is 10.2 Å². The van der Waals surface area contributed by atoms with E-state index in [4.69, 9.17) is 11.6 Å². The zero-order valence-electron chi connectivity index (χ0n) is 14.8. The molecule has 0 aromatic heterocycles. The van der Waals surface area contributed by atoms with E-state index in [9.17, 15) is 4.79 Å². The van der Waals surface area contributed by atoms with Crippen molar-refractivity contribution in [2.75, 3.05) is 38.0 Å². The predicted octanol–water partition coefficient (Wildman–Crippen LogP) is 0.859. The summed E-state index contributed by atoms with van der Waals surface area (Å²) in [6, 6.07) is 7.07. The minimum absolute atomic E-state index is 0.105. The SMILES string of the molecule is CC(C)CN1CCN(C(=O)C2NNNC2Nc2ccc(Cl)cc2)CC1. The minimum Gasteiger partial charge on any atom is -0.367 e. The van der Waals surface area contributed by atoms with Crippen LogP contribution in [-0.4, -0.2) is 60.6 Å². The maximum absolute atomic E-state index is 12.9. The van der Waals surface area contributed by atoms with Crippen molar-refractivity contribution in [3.05, 3.63) is 29.3 Å². The molecule has 1 amide bonds. The Morgan fingerprint density at radius 3 is 2.52 bits per heavy atom. The zero-order valence-corrected chi connectivity index (χ0v) is 15.5. The van der Waals surface area contributed by atoms with Crippen molar-refractivity contribution < 1.29 is 4.79 Å². The van der Waals surface area contributed by atoms with Crippen LogP contribution in [0.4, 0.5) is 5.69 Å². The molecule has 2 heterocycles. The van der Waals surface area contributed by atoms with Gasteiger partial charge in [-0.05, 0) is 30.2 Å². The number of piperazine rings is 1. The van der Waals surface area contributed by atoms with Gasteiger partial charge in [-0.2, -0.15) is 5.53 Å².